The van der Waals surface area contributed by atoms with Gasteiger partial charge in [0.2, 0.25) is 0 Å². The van der Waals surface area contributed by atoms with Crippen LogP contribution in [0.25, 0.3) is 0 Å². The third-order valence-electron chi connectivity index (χ3n) is 1.90. The predicted molar refractivity (Wildman–Crippen MR) is 48.7 cm³/mol. The Hall–Kier alpha value is -1.22. The number of cyclic esters (lactones) is 1. The first-order valence-corrected chi connectivity index (χ1v) is 4.33. The standard InChI is InChI=1S/C9H8ClNO2/c10-7-3-1-2-6(4-7)8-5-11-9(12)13-8/h1-4,8H,5H2,(H,11,12). The molecule has 0 aliphatic carbocycles. The number of carbonyl (C=O) groups excluding carboxylic acids is 1. The molecule has 1 aromatic carbocycles. The van der Waals surface area contributed by atoms with E-state index in [2.05, 4.69) is 5.32 Å². The van der Waals surface area contributed by atoms with E-state index in [1.165, 1.54) is 0 Å². The molecule has 0 saturated carbocycles. The van der Waals surface area contributed by atoms with E-state index in [9.17, 15) is 4.79 Å². The topological polar surface area (TPSA) is 38.3 Å². The molecule has 1 unspecified atom stereocenters. The fourth-order valence-electron chi connectivity index (χ4n) is 1.28. The van der Waals surface area contributed by atoms with Crippen molar-refractivity contribution in [2.45, 2.75) is 6.10 Å². The lowest BCUT2D eigenvalue weighted by atomic mass is 10.1. The molecule has 1 aromatic rings. The average Bonchev–Trinajstić information content (AvgIpc) is 2.52. The molecular formula is C9H8ClNO2. The summed E-state index contributed by atoms with van der Waals surface area (Å²) in [6, 6.07) is 7.31. The minimum Gasteiger partial charge on any atom is -0.439 e. The molecule has 1 amide bonds. The largest absolute Gasteiger partial charge is 0.439 e. The maximum absolute atomic E-state index is 10.7. The van der Waals surface area contributed by atoms with Crippen LogP contribution in [0.1, 0.15) is 11.7 Å². The maximum atomic E-state index is 10.7. The van der Waals surface area contributed by atoms with Gasteiger partial charge in [0.25, 0.3) is 0 Å². The number of halogens is 1. The number of rotatable bonds is 1. The molecule has 3 nitrogen and oxygen atoms in total. The fourth-order valence-corrected chi connectivity index (χ4v) is 1.48. The Kier molecular flexibility index (Phi) is 2.10. The van der Waals surface area contributed by atoms with E-state index in [-0.39, 0.29) is 12.2 Å². The lowest BCUT2D eigenvalue weighted by molar-refractivity contribution is 0.141. The highest BCUT2D eigenvalue weighted by molar-refractivity contribution is 6.30. The summed E-state index contributed by atoms with van der Waals surface area (Å²) < 4.78 is 4.99. The molecule has 4 heteroatoms. The SMILES string of the molecule is O=C1NCC(c2cccc(Cl)c2)O1. The van der Waals surface area contributed by atoms with Crippen molar-refractivity contribution in [2.24, 2.45) is 0 Å². The maximum Gasteiger partial charge on any atom is 0.407 e. The summed E-state index contributed by atoms with van der Waals surface area (Å²) >= 11 is 5.80. The van der Waals surface area contributed by atoms with Crippen molar-refractivity contribution < 1.29 is 9.53 Å². The molecule has 0 radical (unpaired) electrons. The Bertz CT molecular complexity index is 340. The highest BCUT2D eigenvalue weighted by Gasteiger charge is 2.23. The zero-order chi connectivity index (χ0) is 9.26. The Balaban J connectivity index is 2.21. The molecule has 1 aliphatic rings. The Morgan fingerprint density at radius 3 is 3.00 bits per heavy atom. The van der Waals surface area contributed by atoms with Crippen LogP contribution in [0, 0.1) is 0 Å². The van der Waals surface area contributed by atoms with Gasteiger partial charge in [0.15, 0.2) is 0 Å². The van der Waals surface area contributed by atoms with Crippen LogP contribution in [0.4, 0.5) is 4.79 Å². The predicted octanol–water partition coefficient (Wildman–Crippen LogP) is 2.12. The van der Waals surface area contributed by atoms with Gasteiger partial charge in [-0.15, -0.1) is 0 Å². The average molecular weight is 198 g/mol. The smallest absolute Gasteiger partial charge is 0.407 e. The van der Waals surface area contributed by atoms with E-state index < -0.39 is 0 Å². The third-order valence-corrected chi connectivity index (χ3v) is 2.14. The molecule has 1 heterocycles. The van der Waals surface area contributed by atoms with Gasteiger partial charge in [-0.25, -0.2) is 4.79 Å². The van der Waals surface area contributed by atoms with Crippen molar-refractivity contribution in [1.82, 2.24) is 5.32 Å². The second-order valence-corrected chi connectivity index (χ2v) is 3.27. The number of hydrogen-bond acceptors (Lipinski definition) is 2. The first-order chi connectivity index (χ1) is 6.25. The molecule has 1 fully saturated rings. The molecule has 1 N–H and O–H groups in total. The molecule has 13 heavy (non-hydrogen) atoms. The number of alkyl carbamates (subject to hydrolysis) is 1. The van der Waals surface area contributed by atoms with Crippen LogP contribution in [0.2, 0.25) is 5.02 Å². The van der Waals surface area contributed by atoms with Gasteiger partial charge in [0.05, 0.1) is 6.54 Å². The van der Waals surface area contributed by atoms with Gasteiger partial charge >= 0.3 is 6.09 Å². The Morgan fingerprint density at radius 1 is 1.54 bits per heavy atom. The van der Waals surface area contributed by atoms with E-state index >= 15 is 0 Å². The zero-order valence-corrected chi connectivity index (χ0v) is 7.54. The summed E-state index contributed by atoms with van der Waals surface area (Å²) in [6.45, 7) is 0.513. The van der Waals surface area contributed by atoms with Gasteiger partial charge in [0.1, 0.15) is 6.10 Å². The fraction of sp³-hybridized carbons (Fsp3) is 0.222. The van der Waals surface area contributed by atoms with Crippen LogP contribution in [-0.2, 0) is 4.74 Å². The van der Waals surface area contributed by atoms with Crippen molar-refractivity contribution in [3.05, 3.63) is 34.9 Å². The third kappa shape index (κ3) is 1.75. The highest BCUT2D eigenvalue weighted by Crippen LogP contribution is 2.22. The number of nitrogens with one attached hydrogen (secondary N) is 1. The molecule has 0 spiro atoms. The zero-order valence-electron chi connectivity index (χ0n) is 6.79. The lowest BCUT2D eigenvalue weighted by Gasteiger charge is -2.07. The monoisotopic (exact) mass is 197 g/mol. The summed E-state index contributed by atoms with van der Waals surface area (Å²) in [5, 5.41) is 3.24. The van der Waals surface area contributed by atoms with Crippen LogP contribution in [0.5, 0.6) is 0 Å². The van der Waals surface area contributed by atoms with Crippen molar-refractivity contribution in [2.75, 3.05) is 6.54 Å². The first kappa shape index (κ1) is 8.38. The summed E-state index contributed by atoms with van der Waals surface area (Å²) in [5.41, 5.74) is 0.922. The van der Waals surface area contributed by atoms with Crippen LogP contribution in [-0.4, -0.2) is 12.6 Å². The van der Waals surface area contributed by atoms with Crippen molar-refractivity contribution in [1.29, 1.82) is 0 Å². The van der Waals surface area contributed by atoms with Crippen LogP contribution in [0.15, 0.2) is 24.3 Å². The van der Waals surface area contributed by atoms with Crippen molar-refractivity contribution >= 4 is 17.7 Å². The summed E-state index contributed by atoms with van der Waals surface area (Å²) in [5.74, 6) is 0. The van der Waals surface area contributed by atoms with Gasteiger partial charge in [-0.05, 0) is 17.7 Å². The van der Waals surface area contributed by atoms with E-state index in [4.69, 9.17) is 16.3 Å². The van der Waals surface area contributed by atoms with Crippen LogP contribution >= 0.6 is 11.6 Å². The van der Waals surface area contributed by atoms with Gasteiger partial charge in [-0.3, -0.25) is 0 Å². The highest BCUT2D eigenvalue weighted by atomic mass is 35.5. The van der Waals surface area contributed by atoms with Gasteiger partial charge in [-0.2, -0.15) is 0 Å². The Morgan fingerprint density at radius 2 is 2.38 bits per heavy atom. The van der Waals surface area contributed by atoms with Crippen molar-refractivity contribution in [3.8, 4) is 0 Å². The number of benzene rings is 1. The Labute approximate surface area is 80.6 Å². The van der Waals surface area contributed by atoms with Gasteiger partial charge in [0, 0.05) is 5.02 Å². The summed E-state index contributed by atoms with van der Waals surface area (Å²) in [4.78, 5) is 10.7. The first-order valence-electron chi connectivity index (χ1n) is 3.95. The minimum absolute atomic E-state index is 0.203. The molecule has 68 valence electrons. The molecule has 0 bridgehead atoms. The number of ether oxygens (including phenoxy) is 1. The second kappa shape index (κ2) is 3.26. The lowest BCUT2D eigenvalue weighted by Crippen LogP contribution is -2.12. The summed E-state index contributed by atoms with van der Waals surface area (Å²) in [7, 11) is 0. The van der Waals surface area contributed by atoms with Gasteiger partial charge < -0.3 is 10.1 Å². The molecule has 1 saturated heterocycles. The number of hydrogen-bond donors (Lipinski definition) is 1. The molecule has 0 aromatic heterocycles. The van der Waals surface area contributed by atoms with Crippen LogP contribution in [0.3, 0.4) is 0 Å². The van der Waals surface area contributed by atoms with E-state index in [0.717, 1.165) is 5.56 Å². The van der Waals surface area contributed by atoms with E-state index in [0.29, 0.717) is 11.6 Å². The number of amides is 1. The van der Waals surface area contributed by atoms with Crippen molar-refractivity contribution in [3.63, 3.8) is 0 Å². The second-order valence-electron chi connectivity index (χ2n) is 2.83. The summed E-state index contributed by atoms with van der Waals surface area (Å²) in [6.07, 6.45) is -0.573. The number of carbonyl (C=O) groups is 1. The quantitative estimate of drug-likeness (QED) is 0.749. The van der Waals surface area contributed by atoms with E-state index in [1.54, 1.807) is 12.1 Å². The normalized spacial score (nSPS) is 21.0. The molecule has 2 rings (SSSR count). The van der Waals surface area contributed by atoms with Crippen LogP contribution < -0.4 is 5.32 Å². The molecular weight excluding hydrogens is 190 g/mol. The minimum atomic E-state index is -0.370. The molecule has 1 atom stereocenters. The molecule has 1 aliphatic heterocycles. The van der Waals surface area contributed by atoms with E-state index in [1.807, 2.05) is 12.1 Å². The van der Waals surface area contributed by atoms with Gasteiger partial charge in [-0.1, -0.05) is 23.7 Å².